The summed E-state index contributed by atoms with van der Waals surface area (Å²) in [7, 11) is -3.37. The fourth-order valence-corrected chi connectivity index (χ4v) is 3.38. The smallest absolute Gasteiger partial charge is 0.282 e. The molecule has 16 heavy (non-hydrogen) atoms. The Morgan fingerprint density at radius 2 is 2.06 bits per heavy atom. The number of hydrogen-bond donors (Lipinski definition) is 1. The molecule has 6 nitrogen and oxygen atoms in total. The van der Waals surface area contributed by atoms with E-state index in [-0.39, 0.29) is 15.1 Å². The largest absolute Gasteiger partial charge is 0.350 e. The van der Waals surface area contributed by atoms with Crippen molar-refractivity contribution >= 4 is 27.1 Å². The molecule has 0 aliphatic rings. The van der Waals surface area contributed by atoms with Crippen molar-refractivity contribution in [3.63, 3.8) is 0 Å². The molecule has 0 aromatic carbocycles. The van der Waals surface area contributed by atoms with Crippen LogP contribution in [-0.2, 0) is 9.84 Å². The number of amides is 1. The van der Waals surface area contributed by atoms with Gasteiger partial charge in [0, 0.05) is 6.54 Å². The lowest BCUT2D eigenvalue weighted by atomic mass is 10.6. The lowest BCUT2D eigenvalue weighted by Gasteiger charge is -1.95. The van der Waals surface area contributed by atoms with Crippen LogP contribution in [0.15, 0.2) is 4.34 Å². The second kappa shape index (κ2) is 5.35. The van der Waals surface area contributed by atoms with Gasteiger partial charge in [0.05, 0.1) is 5.75 Å². The van der Waals surface area contributed by atoms with Crippen LogP contribution in [0, 0.1) is 0 Å². The van der Waals surface area contributed by atoms with Crippen molar-refractivity contribution in [1.82, 2.24) is 15.5 Å². The van der Waals surface area contributed by atoms with Crippen molar-refractivity contribution in [3.05, 3.63) is 5.01 Å². The summed E-state index contributed by atoms with van der Waals surface area (Å²) >= 11 is 0.806. The summed E-state index contributed by atoms with van der Waals surface area (Å²) in [6.07, 6.45) is 0.512. The Morgan fingerprint density at radius 1 is 1.38 bits per heavy atom. The average molecular weight is 263 g/mol. The fraction of sp³-hybridized carbons (Fsp3) is 0.625. The molecule has 0 spiro atoms. The van der Waals surface area contributed by atoms with Crippen LogP contribution >= 0.6 is 11.3 Å². The number of carbonyl (C=O) groups is 1. The van der Waals surface area contributed by atoms with Crippen molar-refractivity contribution in [2.45, 2.75) is 24.6 Å². The molecule has 1 amide bonds. The third kappa shape index (κ3) is 2.99. The molecule has 0 bridgehead atoms. The average Bonchev–Trinajstić information content (AvgIpc) is 2.67. The van der Waals surface area contributed by atoms with E-state index in [9.17, 15) is 13.2 Å². The Morgan fingerprint density at radius 3 is 2.62 bits per heavy atom. The molecule has 0 radical (unpaired) electrons. The maximum Gasteiger partial charge on any atom is 0.282 e. The molecule has 1 aromatic heterocycles. The van der Waals surface area contributed by atoms with Gasteiger partial charge >= 0.3 is 0 Å². The number of carbonyl (C=O) groups excluding carboxylic acids is 1. The number of hydrogen-bond acceptors (Lipinski definition) is 6. The van der Waals surface area contributed by atoms with Crippen LogP contribution in [-0.4, -0.2) is 36.8 Å². The molecule has 0 fully saturated rings. The van der Waals surface area contributed by atoms with Crippen LogP contribution in [0.1, 0.15) is 30.1 Å². The Labute approximate surface area is 98.0 Å². The minimum Gasteiger partial charge on any atom is -0.350 e. The van der Waals surface area contributed by atoms with Gasteiger partial charge in [-0.2, -0.15) is 0 Å². The normalized spacial score (nSPS) is 11.4. The Kier molecular flexibility index (Phi) is 4.36. The quantitative estimate of drug-likeness (QED) is 0.834. The Balaban J connectivity index is 2.91. The summed E-state index contributed by atoms with van der Waals surface area (Å²) < 4.78 is 23.1. The first-order chi connectivity index (χ1) is 7.51. The van der Waals surface area contributed by atoms with Gasteiger partial charge in [-0.1, -0.05) is 18.3 Å². The van der Waals surface area contributed by atoms with Crippen molar-refractivity contribution < 1.29 is 13.2 Å². The van der Waals surface area contributed by atoms with E-state index in [2.05, 4.69) is 15.5 Å². The minimum absolute atomic E-state index is 0.0248. The number of rotatable bonds is 5. The van der Waals surface area contributed by atoms with Crippen molar-refractivity contribution in [2.75, 3.05) is 12.3 Å². The molecule has 0 aliphatic carbocycles. The second-order valence-electron chi connectivity index (χ2n) is 3.05. The summed E-state index contributed by atoms with van der Waals surface area (Å²) in [5.41, 5.74) is 0. The van der Waals surface area contributed by atoms with E-state index in [0.29, 0.717) is 13.0 Å². The molecule has 0 saturated heterocycles. The van der Waals surface area contributed by atoms with Gasteiger partial charge in [0.25, 0.3) is 5.91 Å². The third-order valence-electron chi connectivity index (χ3n) is 1.68. The number of aromatic nitrogens is 2. The highest BCUT2D eigenvalue weighted by molar-refractivity contribution is 7.93. The van der Waals surface area contributed by atoms with E-state index >= 15 is 0 Å². The zero-order valence-electron chi connectivity index (χ0n) is 9.06. The van der Waals surface area contributed by atoms with Crippen LogP contribution < -0.4 is 5.32 Å². The van der Waals surface area contributed by atoms with E-state index in [1.165, 1.54) is 0 Å². The lowest BCUT2D eigenvalue weighted by Crippen LogP contribution is -2.22. The molecule has 1 heterocycles. The van der Waals surface area contributed by atoms with Gasteiger partial charge < -0.3 is 5.32 Å². The number of nitrogens with one attached hydrogen (secondary N) is 1. The first-order valence-corrected chi connectivity index (χ1v) is 7.32. The second-order valence-corrected chi connectivity index (χ2v) is 6.31. The molecular weight excluding hydrogens is 250 g/mol. The van der Waals surface area contributed by atoms with Gasteiger partial charge in [-0.25, -0.2) is 8.42 Å². The summed E-state index contributed by atoms with van der Waals surface area (Å²) in [5.74, 6) is -0.366. The van der Waals surface area contributed by atoms with E-state index in [4.69, 9.17) is 0 Å². The molecule has 90 valence electrons. The lowest BCUT2D eigenvalue weighted by molar-refractivity contribution is 0.0954. The van der Waals surface area contributed by atoms with E-state index in [1.807, 2.05) is 0 Å². The maximum absolute atomic E-state index is 11.6. The molecule has 1 aromatic rings. The van der Waals surface area contributed by atoms with E-state index in [0.717, 1.165) is 11.3 Å². The zero-order valence-corrected chi connectivity index (χ0v) is 10.7. The highest BCUT2D eigenvalue weighted by atomic mass is 32.2. The van der Waals surface area contributed by atoms with Crippen LogP contribution in [0.5, 0.6) is 0 Å². The van der Waals surface area contributed by atoms with Crippen molar-refractivity contribution in [3.8, 4) is 0 Å². The van der Waals surface area contributed by atoms with Crippen molar-refractivity contribution in [2.24, 2.45) is 0 Å². The van der Waals surface area contributed by atoms with Gasteiger partial charge in [0.15, 0.2) is 0 Å². The maximum atomic E-state index is 11.6. The number of nitrogens with zero attached hydrogens (tertiary/aromatic N) is 2. The molecule has 0 aliphatic heterocycles. The number of sulfone groups is 1. The minimum atomic E-state index is -3.37. The fourth-order valence-electron chi connectivity index (χ4n) is 1.02. The molecule has 8 heteroatoms. The summed E-state index contributed by atoms with van der Waals surface area (Å²) in [4.78, 5) is 11.3. The third-order valence-corrected chi connectivity index (χ3v) is 4.96. The van der Waals surface area contributed by atoms with Crippen LogP contribution in [0.2, 0.25) is 0 Å². The highest BCUT2D eigenvalue weighted by Crippen LogP contribution is 2.17. The molecule has 1 rings (SSSR count). The van der Waals surface area contributed by atoms with E-state index in [1.54, 1.807) is 13.8 Å². The molecule has 1 N–H and O–H groups in total. The highest BCUT2D eigenvalue weighted by Gasteiger charge is 2.21. The first-order valence-electron chi connectivity index (χ1n) is 4.85. The summed E-state index contributed by atoms with van der Waals surface area (Å²) in [5, 5.41) is 9.70. The SMILES string of the molecule is CCCS(=O)(=O)c1nnc(C(=O)NCC)s1. The topological polar surface area (TPSA) is 89.0 Å². The van der Waals surface area contributed by atoms with Gasteiger partial charge in [-0.05, 0) is 13.3 Å². The van der Waals surface area contributed by atoms with Crippen LogP contribution in [0.4, 0.5) is 0 Å². The summed E-state index contributed by atoms with van der Waals surface area (Å²) in [6.45, 7) is 4.01. The van der Waals surface area contributed by atoms with Crippen LogP contribution in [0.25, 0.3) is 0 Å². The Bertz CT molecular complexity index is 467. The monoisotopic (exact) mass is 263 g/mol. The standard InChI is InChI=1S/C8H13N3O3S2/c1-3-5-16(13,14)8-11-10-7(15-8)6(12)9-4-2/h3-5H2,1-2H3,(H,9,12). The van der Waals surface area contributed by atoms with Gasteiger partial charge in [0.2, 0.25) is 19.2 Å². The van der Waals surface area contributed by atoms with E-state index < -0.39 is 15.7 Å². The zero-order chi connectivity index (χ0) is 12.2. The van der Waals surface area contributed by atoms with Gasteiger partial charge in [0.1, 0.15) is 0 Å². The first kappa shape index (κ1) is 13.0. The molecular formula is C8H13N3O3S2. The predicted octanol–water partition coefficient (Wildman–Crippen LogP) is 0.471. The predicted molar refractivity (Wildman–Crippen MR) is 60.3 cm³/mol. The van der Waals surface area contributed by atoms with Gasteiger partial charge in [-0.15, -0.1) is 10.2 Å². The molecule has 0 unspecified atom stereocenters. The van der Waals surface area contributed by atoms with Crippen molar-refractivity contribution in [1.29, 1.82) is 0 Å². The molecule has 0 atom stereocenters. The Hall–Kier alpha value is -1.02. The summed E-state index contributed by atoms with van der Waals surface area (Å²) in [6, 6.07) is 0. The van der Waals surface area contributed by atoms with Gasteiger partial charge in [-0.3, -0.25) is 4.79 Å². The van der Waals surface area contributed by atoms with Crippen LogP contribution in [0.3, 0.4) is 0 Å². The molecule has 0 saturated carbocycles.